The first-order valence-electron chi connectivity index (χ1n) is 9.61. The molecule has 29 heavy (non-hydrogen) atoms. The summed E-state index contributed by atoms with van der Waals surface area (Å²) in [7, 11) is 0. The molecule has 1 saturated heterocycles. The summed E-state index contributed by atoms with van der Waals surface area (Å²) in [6.07, 6.45) is 2.91. The molecule has 2 aromatic carbocycles. The van der Waals surface area contributed by atoms with Gasteiger partial charge in [-0.3, -0.25) is 9.59 Å². The number of anilines is 1. The van der Waals surface area contributed by atoms with Gasteiger partial charge in [-0.2, -0.15) is 0 Å². The van der Waals surface area contributed by atoms with E-state index in [0.717, 1.165) is 24.8 Å². The fraction of sp³-hybridized carbons (Fsp3) is 0.364. The van der Waals surface area contributed by atoms with E-state index in [9.17, 15) is 14.0 Å². The fourth-order valence-electron chi connectivity index (χ4n) is 3.65. The smallest absolute Gasteiger partial charge is 0.258 e. The molecule has 0 bridgehead atoms. The van der Waals surface area contributed by atoms with E-state index in [2.05, 4.69) is 5.32 Å². The highest BCUT2D eigenvalue weighted by Gasteiger charge is 2.30. The van der Waals surface area contributed by atoms with Crippen molar-refractivity contribution in [2.75, 3.05) is 11.9 Å². The van der Waals surface area contributed by atoms with Gasteiger partial charge in [0.1, 0.15) is 5.82 Å². The van der Waals surface area contributed by atoms with Crippen LogP contribution in [0.4, 0.5) is 10.1 Å². The zero-order chi connectivity index (χ0) is 20.3. The maximum atomic E-state index is 13.9. The van der Waals surface area contributed by atoms with Crippen LogP contribution in [-0.4, -0.2) is 35.3 Å². The van der Waals surface area contributed by atoms with Gasteiger partial charge in [-0.1, -0.05) is 18.2 Å². The Balaban J connectivity index is 0.00000300. The Labute approximate surface area is 176 Å². The van der Waals surface area contributed by atoms with Crippen molar-refractivity contribution in [1.29, 1.82) is 0 Å². The van der Waals surface area contributed by atoms with Crippen molar-refractivity contribution in [2.45, 2.75) is 45.2 Å². The second-order valence-corrected chi connectivity index (χ2v) is 7.38. The summed E-state index contributed by atoms with van der Waals surface area (Å²) in [5.74, 6) is -1.22. The maximum absolute atomic E-state index is 13.9. The second-order valence-electron chi connectivity index (χ2n) is 7.38. The molecule has 1 aliphatic rings. The Morgan fingerprint density at radius 3 is 2.62 bits per heavy atom. The van der Waals surface area contributed by atoms with Crippen LogP contribution in [0.2, 0.25) is 0 Å². The number of carbonyl (C=O) groups excluding carboxylic acids is 2. The van der Waals surface area contributed by atoms with Gasteiger partial charge in [0.2, 0.25) is 0 Å². The number of carbonyl (C=O) groups is 2. The molecule has 5 nitrogen and oxygen atoms in total. The van der Waals surface area contributed by atoms with Crippen molar-refractivity contribution in [1.82, 2.24) is 4.90 Å². The Morgan fingerprint density at radius 1 is 1.21 bits per heavy atom. The van der Waals surface area contributed by atoms with Gasteiger partial charge in [0.15, 0.2) is 0 Å². The van der Waals surface area contributed by atoms with Gasteiger partial charge < -0.3 is 16.0 Å². The number of nitrogens with zero attached hydrogens (tertiary/aromatic N) is 1. The average Bonchev–Trinajstić information content (AvgIpc) is 2.69. The number of halogens is 2. The van der Waals surface area contributed by atoms with Gasteiger partial charge in [-0.05, 0) is 62.9 Å². The van der Waals surface area contributed by atoms with Crippen LogP contribution < -0.4 is 11.1 Å². The number of piperidine rings is 1. The van der Waals surface area contributed by atoms with Crippen LogP contribution in [-0.2, 0) is 0 Å². The second kappa shape index (κ2) is 9.85. The molecule has 0 aliphatic carbocycles. The lowest BCUT2D eigenvalue weighted by Gasteiger charge is -2.38. The first-order chi connectivity index (χ1) is 13.4. The van der Waals surface area contributed by atoms with E-state index in [4.69, 9.17) is 5.73 Å². The SMILES string of the molecule is Cc1ccc(C(=O)N2CCCCC2C(C)N)cc1NC(=O)c1ccccc1F.Cl. The Kier molecular flexibility index (Phi) is 7.76. The van der Waals surface area contributed by atoms with Crippen LogP contribution in [0.5, 0.6) is 0 Å². The zero-order valence-electron chi connectivity index (χ0n) is 16.7. The van der Waals surface area contributed by atoms with Gasteiger partial charge in [0.25, 0.3) is 11.8 Å². The lowest BCUT2D eigenvalue weighted by atomic mass is 9.95. The van der Waals surface area contributed by atoms with E-state index in [1.165, 1.54) is 18.2 Å². The summed E-state index contributed by atoms with van der Waals surface area (Å²) in [6.45, 7) is 4.43. The molecule has 1 heterocycles. The highest BCUT2D eigenvalue weighted by Crippen LogP contribution is 2.24. The quantitative estimate of drug-likeness (QED) is 0.781. The minimum Gasteiger partial charge on any atom is -0.334 e. The molecule has 3 rings (SSSR count). The minimum atomic E-state index is -0.585. The van der Waals surface area contributed by atoms with Gasteiger partial charge in [0, 0.05) is 29.9 Å². The van der Waals surface area contributed by atoms with Crippen molar-refractivity contribution < 1.29 is 14.0 Å². The van der Waals surface area contributed by atoms with Crippen LogP contribution in [0.25, 0.3) is 0 Å². The molecule has 0 radical (unpaired) electrons. The molecule has 1 fully saturated rings. The van der Waals surface area contributed by atoms with Crippen molar-refractivity contribution in [3.8, 4) is 0 Å². The molecule has 2 atom stereocenters. The number of likely N-dealkylation sites (tertiary alicyclic amines) is 1. The van der Waals surface area contributed by atoms with Crippen molar-refractivity contribution >= 4 is 29.9 Å². The first kappa shape index (κ1) is 22.8. The molecule has 0 aromatic heterocycles. The molecule has 2 aromatic rings. The van der Waals surface area contributed by atoms with Crippen molar-refractivity contribution in [3.05, 3.63) is 65.0 Å². The Hall–Kier alpha value is -2.44. The maximum Gasteiger partial charge on any atom is 0.258 e. The fourth-order valence-corrected chi connectivity index (χ4v) is 3.65. The largest absolute Gasteiger partial charge is 0.334 e. The van der Waals surface area contributed by atoms with Gasteiger partial charge in [-0.15, -0.1) is 12.4 Å². The van der Waals surface area contributed by atoms with E-state index in [-0.39, 0.29) is 36.0 Å². The summed E-state index contributed by atoms with van der Waals surface area (Å²) in [5.41, 5.74) is 7.83. The summed E-state index contributed by atoms with van der Waals surface area (Å²) in [6, 6.07) is 10.9. The highest BCUT2D eigenvalue weighted by molar-refractivity contribution is 6.05. The van der Waals surface area contributed by atoms with Gasteiger partial charge in [0.05, 0.1) is 5.56 Å². The number of hydrogen-bond donors (Lipinski definition) is 2. The van der Waals surface area contributed by atoms with Crippen molar-refractivity contribution in [3.63, 3.8) is 0 Å². The van der Waals surface area contributed by atoms with Crippen LogP contribution in [0.1, 0.15) is 52.5 Å². The molecule has 156 valence electrons. The van der Waals surface area contributed by atoms with Crippen LogP contribution in [0, 0.1) is 12.7 Å². The number of aryl methyl sites for hydroxylation is 1. The van der Waals surface area contributed by atoms with Crippen molar-refractivity contribution in [2.24, 2.45) is 5.73 Å². The third kappa shape index (κ3) is 5.14. The third-order valence-electron chi connectivity index (χ3n) is 5.27. The molecular weight excluding hydrogens is 393 g/mol. The van der Waals surface area contributed by atoms with E-state index < -0.39 is 11.7 Å². The minimum absolute atomic E-state index is 0. The molecule has 7 heteroatoms. The Morgan fingerprint density at radius 2 is 1.93 bits per heavy atom. The summed E-state index contributed by atoms with van der Waals surface area (Å²) >= 11 is 0. The standard InChI is InChI=1S/C22H26FN3O2.ClH/c1-14-10-11-16(22(28)26-12-6-5-9-20(26)15(2)24)13-19(14)25-21(27)17-7-3-4-8-18(17)23;/h3-4,7-8,10-11,13,15,20H,5-6,9,12,24H2,1-2H3,(H,25,27);1H. The Bertz CT molecular complexity index is 888. The third-order valence-corrected chi connectivity index (χ3v) is 5.27. The summed E-state index contributed by atoms with van der Waals surface area (Å²) in [4.78, 5) is 27.4. The molecule has 0 saturated carbocycles. The molecular formula is C22H27ClFN3O2. The first-order valence-corrected chi connectivity index (χ1v) is 9.61. The molecule has 2 unspecified atom stereocenters. The van der Waals surface area contributed by atoms with Gasteiger partial charge >= 0.3 is 0 Å². The lowest BCUT2D eigenvalue weighted by molar-refractivity contribution is 0.0583. The predicted octanol–water partition coefficient (Wildman–Crippen LogP) is 4.15. The molecule has 1 aliphatic heterocycles. The van der Waals surface area contributed by atoms with E-state index in [0.29, 0.717) is 17.8 Å². The van der Waals surface area contributed by atoms with E-state index >= 15 is 0 Å². The lowest BCUT2D eigenvalue weighted by Crippen LogP contribution is -2.51. The summed E-state index contributed by atoms with van der Waals surface area (Å²) in [5, 5.41) is 2.73. The number of nitrogens with two attached hydrogens (primary N) is 1. The number of amides is 2. The monoisotopic (exact) mass is 419 g/mol. The number of hydrogen-bond acceptors (Lipinski definition) is 3. The van der Waals surface area contributed by atoms with Crippen LogP contribution >= 0.6 is 12.4 Å². The zero-order valence-corrected chi connectivity index (χ0v) is 17.5. The van der Waals surface area contributed by atoms with Crippen LogP contribution in [0.3, 0.4) is 0 Å². The number of rotatable bonds is 4. The van der Waals surface area contributed by atoms with E-state index in [1.54, 1.807) is 24.3 Å². The molecule has 0 spiro atoms. The number of nitrogens with one attached hydrogen (secondary N) is 1. The average molecular weight is 420 g/mol. The molecule has 2 amide bonds. The molecule has 3 N–H and O–H groups in total. The van der Waals surface area contributed by atoms with E-state index in [1.807, 2.05) is 18.7 Å². The van der Waals surface area contributed by atoms with Crippen LogP contribution in [0.15, 0.2) is 42.5 Å². The highest BCUT2D eigenvalue weighted by atomic mass is 35.5. The topological polar surface area (TPSA) is 75.4 Å². The normalized spacial score (nSPS) is 17.2. The van der Waals surface area contributed by atoms with Gasteiger partial charge in [-0.25, -0.2) is 4.39 Å². The summed E-state index contributed by atoms with van der Waals surface area (Å²) < 4.78 is 13.9. The number of benzene rings is 2. The predicted molar refractivity (Wildman–Crippen MR) is 115 cm³/mol.